The molecule has 1 aliphatic carbocycles. The van der Waals surface area contributed by atoms with Gasteiger partial charge in [0.1, 0.15) is 5.76 Å². The summed E-state index contributed by atoms with van der Waals surface area (Å²) in [6, 6.07) is 11.9. The summed E-state index contributed by atoms with van der Waals surface area (Å²) in [4.78, 5) is 18.6. The molecule has 7 heteroatoms. The van der Waals surface area contributed by atoms with Crippen molar-refractivity contribution >= 4 is 5.91 Å². The van der Waals surface area contributed by atoms with Gasteiger partial charge in [0, 0.05) is 18.2 Å². The van der Waals surface area contributed by atoms with Gasteiger partial charge in [0.15, 0.2) is 5.82 Å². The van der Waals surface area contributed by atoms with E-state index in [1.807, 2.05) is 36.4 Å². The zero-order valence-corrected chi connectivity index (χ0v) is 15.2. The highest BCUT2D eigenvalue weighted by atomic mass is 16.5. The molecule has 0 radical (unpaired) electrons. The number of amides is 1. The molecule has 0 spiro atoms. The van der Waals surface area contributed by atoms with Gasteiger partial charge in [-0.05, 0) is 49.6 Å². The second kappa shape index (κ2) is 7.75. The first kappa shape index (κ1) is 17.5. The number of nitrogens with one attached hydrogen (secondary N) is 1. The molecular weight excluding hydrogens is 344 g/mol. The minimum Gasteiger partial charge on any atom is -0.468 e. The largest absolute Gasteiger partial charge is 0.468 e. The SMILES string of the molecule is Cc1noc(CN(Cc2ccc(C(=O)NC3CC3)cc2)Cc2ccco2)n1. The number of nitrogens with zero attached hydrogens (tertiary/aromatic N) is 3. The maximum atomic E-state index is 12.1. The Bertz CT molecular complexity index is 882. The number of aryl methyl sites for hydroxylation is 1. The zero-order chi connectivity index (χ0) is 18.6. The van der Waals surface area contributed by atoms with E-state index in [1.165, 1.54) is 0 Å². The molecule has 0 bridgehead atoms. The van der Waals surface area contributed by atoms with Gasteiger partial charge in [0.25, 0.3) is 5.91 Å². The van der Waals surface area contributed by atoms with Crippen LogP contribution in [0.15, 0.2) is 51.6 Å². The number of hydrogen-bond acceptors (Lipinski definition) is 6. The highest BCUT2D eigenvalue weighted by Gasteiger charge is 2.23. The van der Waals surface area contributed by atoms with Gasteiger partial charge in [-0.2, -0.15) is 4.98 Å². The average molecular weight is 366 g/mol. The molecule has 2 aromatic heterocycles. The molecule has 7 nitrogen and oxygen atoms in total. The number of furan rings is 1. The van der Waals surface area contributed by atoms with Gasteiger partial charge >= 0.3 is 0 Å². The van der Waals surface area contributed by atoms with Crippen LogP contribution in [0.5, 0.6) is 0 Å². The topological polar surface area (TPSA) is 84.4 Å². The highest BCUT2D eigenvalue weighted by molar-refractivity contribution is 5.94. The number of carbonyl (C=O) groups is 1. The molecule has 3 aromatic rings. The average Bonchev–Trinajstić information content (AvgIpc) is 3.13. The molecule has 0 unspecified atom stereocenters. The molecule has 0 atom stereocenters. The van der Waals surface area contributed by atoms with Crippen LogP contribution >= 0.6 is 0 Å². The van der Waals surface area contributed by atoms with Crippen LogP contribution in [0.4, 0.5) is 0 Å². The highest BCUT2D eigenvalue weighted by Crippen LogP contribution is 2.20. The Hall–Kier alpha value is -2.93. The van der Waals surface area contributed by atoms with Crippen LogP contribution in [0.1, 0.15) is 46.2 Å². The van der Waals surface area contributed by atoms with E-state index in [0.717, 1.165) is 24.2 Å². The van der Waals surface area contributed by atoms with Crippen molar-refractivity contribution in [2.24, 2.45) is 0 Å². The Morgan fingerprint density at radius 3 is 2.63 bits per heavy atom. The van der Waals surface area contributed by atoms with Gasteiger partial charge in [0.2, 0.25) is 5.89 Å². The smallest absolute Gasteiger partial charge is 0.251 e. The van der Waals surface area contributed by atoms with Crippen LogP contribution in [0.25, 0.3) is 0 Å². The number of hydrogen-bond donors (Lipinski definition) is 1. The molecule has 1 saturated carbocycles. The summed E-state index contributed by atoms with van der Waals surface area (Å²) in [5.41, 5.74) is 1.79. The first-order chi connectivity index (χ1) is 13.2. The molecule has 0 saturated heterocycles. The van der Waals surface area contributed by atoms with E-state index in [0.29, 0.717) is 43.0 Å². The summed E-state index contributed by atoms with van der Waals surface area (Å²) >= 11 is 0. The zero-order valence-electron chi connectivity index (χ0n) is 15.2. The Morgan fingerprint density at radius 2 is 2.00 bits per heavy atom. The third-order valence-electron chi connectivity index (χ3n) is 4.42. The molecule has 1 fully saturated rings. The van der Waals surface area contributed by atoms with Crippen molar-refractivity contribution in [3.8, 4) is 0 Å². The van der Waals surface area contributed by atoms with Crippen LogP contribution < -0.4 is 5.32 Å². The molecule has 27 heavy (non-hydrogen) atoms. The molecule has 1 aromatic carbocycles. The predicted molar refractivity (Wildman–Crippen MR) is 97.6 cm³/mol. The van der Waals surface area contributed by atoms with E-state index in [-0.39, 0.29) is 5.91 Å². The van der Waals surface area contributed by atoms with Gasteiger partial charge < -0.3 is 14.3 Å². The first-order valence-electron chi connectivity index (χ1n) is 9.09. The predicted octanol–water partition coefficient (Wildman–Crippen LogP) is 3.07. The van der Waals surface area contributed by atoms with Crippen molar-refractivity contribution in [1.29, 1.82) is 0 Å². The summed E-state index contributed by atoms with van der Waals surface area (Å²) < 4.78 is 10.7. The lowest BCUT2D eigenvalue weighted by atomic mass is 10.1. The van der Waals surface area contributed by atoms with Crippen LogP contribution in [0.3, 0.4) is 0 Å². The lowest BCUT2D eigenvalue weighted by Gasteiger charge is -2.19. The molecule has 1 amide bonds. The van der Waals surface area contributed by atoms with Crippen molar-refractivity contribution in [3.63, 3.8) is 0 Å². The van der Waals surface area contributed by atoms with Crippen molar-refractivity contribution in [2.75, 3.05) is 0 Å². The Balaban J connectivity index is 1.43. The lowest BCUT2D eigenvalue weighted by molar-refractivity contribution is 0.0951. The second-order valence-electron chi connectivity index (χ2n) is 6.90. The van der Waals surface area contributed by atoms with Crippen molar-refractivity contribution in [1.82, 2.24) is 20.4 Å². The molecule has 1 aliphatic rings. The van der Waals surface area contributed by atoms with Gasteiger partial charge in [-0.25, -0.2) is 0 Å². The van der Waals surface area contributed by atoms with Gasteiger partial charge in [0.05, 0.1) is 19.4 Å². The maximum Gasteiger partial charge on any atom is 0.251 e. The van der Waals surface area contributed by atoms with E-state index in [1.54, 1.807) is 13.2 Å². The van der Waals surface area contributed by atoms with Crippen LogP contribution in [0, 0.1) is 6.92 Å². The quantitative estimate of drug-likeness (QED) is 0.660. The van der Waals surface area contributed by atoms with E-state index < -0.39 is 0 Å². The number of aromatic nitrogens is 2. The van der Waals surface area contributed by atoms with Crippen molar-refractivity contribution < 1.29 is 13.7 Å². The standard InChI is InChI=1S/C20H22N4O3/c1-14-21-19(27-23-14)13-24(12-18-3-2-10-26-18)11-15-4-6-16(7-5-15)20(25)22-17-8-9-17/h2-7,10,17H,8-9,11-13H2,1H3,(H,22,25). The first-order valence-corrected chi connectivity index (χ1v) is 9.09. The number of benzene rings is 1. The van der Waals surface area contributed by atoms with Gasteiger partial charge in [-0.15, -0.1) is 0 Å². The molecule has 2 heterocycles. The molecule has 4 rings (SSSR count). The Labute approximate surface area is 157 Å². The van der Waals surface area contributed by atoms with Gasteiger partial charge in [-0.1, -0.05) is 17.3 Å². The molecule has 0 aliphatic heterocycles. The van der Waals surface area contributed by atoms with Crippen molar-refractivity contribution in [2.45, 2.75) is 45.4 Å². The normalized spacial score (nSPS) is 13.9. The Morgan fingerprint density at radius 1 is 1.19 bits per heavy atom. The fraction of sp³-hybridized carbons (Fsp3) is 0.350. The maximum absolute atomic E-state index is 12.1. The number of rotatable bonds is 8. The van der Waals surface area contributed by atoms with E-state index in [2.05, 4.69) is 20.4 Å². The van der Waals surface area contributed by atoms with Crippen LogP contribution in [0.2, 0.25) is 0 Å². The molecular formula is C20H22N4O3. The Kier molecular flexibility index (Phi) is 5.02. The summed E-state index contributed by atoms with van der Waals surface area (Å²) in [6.07, 6.45) is 3.83. The summed E-state index contributed by atoms with van der Waals surface area (Å²) in [5.74, 6) is 2.05. The monoisotopic (exact) mass is 366 g/mol. The second-order valence-corrected chi connectivity index (χ2v) is 6.90. The fourth-order valence-corrected chi connectivity index (χ4v) is 2.90. The minimum atomic E-state index is -0.00201. The third-order valence-corrected chi connectivity index (χ3v) is 4.42. The summed E-state index contributed by atoms with van der Waals surface area (Å²) in [7, 11) is 0. The van der Waals surface area contributed by atoms with E-state index in [9.17, 15) is 4.79 Å². The fourth-order valence-electron chi connectivity index (χ4n) is 2.90. The number of carbonyl (C=O) groups excluding carboxylic acids is 1. The lowest BCUT2D eigenvalue weighted by Crippen LogP contribution is -2.25. The molecule has 1 N–H and O–H groups in total. The minimum absolute atomic E-state index is 0.00201. The summed E-state index contributed by atoms with van der Waals surface area (Å²) in [6.45, 7) is 3.62. The van der Waals surface area contributed by atoms with E-state index in [4.69, 9.17) is 8.94 Å². The van der Waals surface area contributed by atoms with Gasteiger partial charge in [-0.3, -0.25) is 9.69 Å². The summed E-state index contributed by atoms with van der Waals surface area (Å²) in [5, 5.41) is 6.86. The van der Waals surface area contributed by atoms with Crippen LogP contribution in [-0.2, 0) is 19.6 Å². The van der Waals surface area contributed by atoms with Crippen LogP contribution in [-0.4, -0.2) is 27.0 Å². The third kappa shape index (κ3) is 4.83. The van der Waals surface area contributed by atoms with Crippen molar-refractivity contribution in [3.05, 3.63) is 71.3 Å². The molecule has 140 valence electrons. The van der Waals surface area contributed by atoms with E-state index >= 15 is 0 Å².